The third-order valence-corrected chi connectivity index (χ3v) is 4.46. The Balaban J connectivity index is 1.79. The van der Waals surface area contributed by atoms with E-state index in [9.17, 15) is 4.79 Å². The van der Waals surface area contributed by atoms with Gasteiger partial charge in [-0.1, -0.05) is 12.1 Å². The number of ether oxygens (including phenoxy) is 1. The van der Waals surface area contributed by atoms with Crippen LogP contribution in [0.5, 0.6) is 5.75 Å². The van der Waals surface area contributed by atoms with Gasteiger partial charge < -0.3 is 4.74 Å². The highest BCUT2D eigenvalue weighted by Gasteiger charge is 2.18. The van der Waals surface area contributed by atoms with Crippen LogP contribution < -0.4 is 4.74 Å². The lowest BCUT2D eigenvalue weighted by atomic mass is 10.1. The molecule has 2 aromatic heterocycles. The Hall–Kier alpha value is -2.40. The van der Waals surface area contributed by atoms with Crippen LogP contribution in [-0.4, -0.2) is 21.9 Å². The van der Waals surface area contributed by atoms with E-state index in [0.717, 1.165) is 22.1 Å². The van der Waals surface area contributed by atoms with E-state index >= 15 is 0 Å². The molecule has 0 amide bonds. The maximum absolute atomic E-state index is 12.5. The largest absolute Gasteiger partial charge is 0.485 e. The summed E-state index contributed by atoms with van der Waals surface area (Å²) in [7, 11) is 0. The number of hydrogen-bond acceptors (Lipinski definition) is 4. The molecule has 1 aromatic carbocycles. The summed E-state index contributed by atoms with van der Waals surface area (Å²) in [4.78, 5) is 16.8. The highest BCUT2D eigenvalue weighted by Crippen LogP contribution is 2.23. The lowest BCUT2D eigenvalue weighted by Gasteiger charge is -2.07. The van der Waals surface area contributed by atoms with Crippen molar-refractivity contribution in [2.75, 3.05) is 6.61 Å². The van der Waals surface area contributed by atoms with Crippen LogP contribution in [0.15, 0.2) is 41.9 Å². The second-order valence-corrected chi connectivity index (χ2v) is 6.34. The van der Waals surface area contributed by atoms with Crippen LogP contribution in [0.4, 0.5) is 0 Å². The molecule has 118 valence electrons. The molecule has 0 atom stereocenters. The predicted molar refractivity (Wildman–Crippen MR) is 91.9 cm³/mol. The van der Waals surface area contributed by atoms with Gasteiger partial charge in [0.15, 0.2) is 11.7 Å². The molecule has 0 spiro atoms. The molecule has 2 heterocycles. The Morgan fingerprint density at radius 3 is 2.78 bits per heavy atom. The Morgan fingerprint density at radius 1 is 1.26 bits per heavy atom. The van der Waals surface area contributed by atoms with Crippen LogP contribution in [-0.2, 0) is 0 Å². The number of carbonyl (C=O) groups is 1. The number of ketones is 1. The zero-order chi connectivity index (χ0) is 16.4. The number of hydrogen-bond donors (Lipinski definition) is 0. The van der Waals surface area contributed by atoms with Crippen LogP contribution in [0.3, 0.4) is 0 Å². The average Bonchev–Trinajstić information content (AvgIpc) is 3.13. The standard InChI is InChI=1S/C18H18N2O2S/c1-12-5-4-6-15(9-12)22-11-17(21)16-10-13(2)20(14(16)3)18-19-7-8-23-18/h4-10H,11H2,1-3H3. The van der Waals surface area contributed by atoms with E-state index < -0.39 is 0 Å². The molecule has 0 fully saturated rings. The van der Waals surface area contributed by atoms with Crippen LogP contribution in [0.25, 0.3) is 5.13 Å². The summed E-state index contributed by atoms with van der Waals surface area (Å²) in [6, 6.07) is 9.60. The molecule has 0 radical (unpaired) electrons. The summed E-state index contributed by atoms with van der Waals surface area (Å²) in [5.74, 6) is 0.689. The number of Topliss-reactive ketones (excluding diaryl/α,β-unsaturated/α-hetero) is 1. The molecule has 3 aromatic rings. The Labute approximate surface area is 139 Å². The van der Waals surface area contributed by atoms with E-state index in [4.69, 9.17) is 4.74 Å². The summed E-state index contributed by atoms with van der Waals surface area (Å²) < 4.78 is 7.63. The number of benzene rings is 1. The lowest BCUT2D eigenvalue weighted by Crippen LogP contribution is -2.12. The van der Waals surface area contributed by atoms with Crippen molar-refractivity contribution in [3.63, 3.8) is 0 Å². The van der Waals surface area contributed by atoms with Crippen molar-refractivity contribution in [1.82, 2.24) is 9.55 Å². The van der Waals surface area contributed by atoms with E-state index in [1.165, 1.54) is 0 Å². The molecule has 23 heavy (non-hydrogen) atoms. The van der Waals surface area contributed by atoms with E-state index in [1.54, 1.807) is 17.5 Å². The molecule has 0 saturated carbocycles. The molecule has 0 saturated heterocycles. The second-order valence-electron chi connectivity index (χ2n) is 5.46. The molecule has 0 aliphatic heterocycles. The van der Waals surface area contributed by atoms with Crippen molar-refractivity contribution in [2.45, 2.75) is 20.8 Å². The topological polar surface area (TPSA) is 44.1 Å². The quantitative estimate of drug-likeness (QED) is 0.662. The first-order chi connectivity index (χ1) is 11.1. The van der Waals surface area contributed by atoms with Gasteiger partial charge in [-0.3, -0.25) is 9.36 Å². The molecule has 5 heteroatoms. The smallest absolute Gasteiger partial charge is 0.202 e. The SMILES string of the molecule is Cc1cccc(OCC(=O)c2cc(C)n(-c3nccs3)c2C)c1. The van der Waals surface area contributed by atoms with Crippen LogP contribution in [0.1, 0.15) is 27.3 Å². The second kappa shape index (κ2) is 6.38. The summed E-state index contributed by atoms with van der Waals surface area (Å²) in [5, 5.41) is 2.80. The van der Waals surface area contributed by atoms with Crippen LogP contribution in [0.2, 0.25) is 0 Å². The first-order valence-electron chi connectivity index (χ1n) is 7.37. The molecular weight excluding hydrogens is 308 g/mol. The summed E-state index contributed by atoms with van der Waals surface area (Å²) >= 11 is 1.55. The summed E-state index contributed by atoms with van der Waals surface area (Å²) in [6.07, 6.45) is 1.77. The highest BCUT2D eigenvalue weighted by molar-refractivity contribution is 7.12. The van der Waals surface area contributed by atoms with Gasteiger partial charge in [0.1, 0.15) is 5.75 Å². The molecule has 0 aliphatic rings. The van der Waals surface area contributed by atoms with Gasteiger partial charge in [-0.2, -0.15) is 0 Å². The monoisotopic (exact) mass is 326 g/mol. The van der Waals surface area contributed by atoms with Crippen molar-refractivity contribution >= 4 is 17.1 Å². The van der Waals surface area contributed by atoms with Crippen molar-refractivity contribution in [3.05, 3.63) is 64.4 Å². The first-order valence-corrected chi connectivity index (χ1v) is 8.25. The van der Waals surface area contributed by atoms with Gasteiger partial charge in [0.2, 0.25) is 5.78 Å². The third kappa shape index (κ3) is 3.19. The zero-order valence-corrected chi connectivity index (χ0v) is 14.2. The fourth-order valence-electron chi connectivity index (χ4n) is 2.60. The van der Waals surface area contributed by atoms with Gasteiger partial charge in [0.25, 0.3) is 0 Å². The number of thiazole rings is 1. The molecule has 3 rings (SSSR count). The van der Waals surface area contributed by atoms with Gasteiger partial charge in [-0.25, -0.2) is 4.98 Å². The Bertz CT molecular complexity index is 835. The minimum Gasteiger partial charge on any atom is -0.485 e. The maximum atomic E-state index is 12.5. The molecule has 0 bridgehead atoms. The van der Waals surface area contributed by atoms with Gasteiger partial charge in [0.05, 0.1) is 0 Å². The van der Waals surface area contributed by atoms with Crippen LogP contribution >= 0.6 is 11.3 Å². The van der Waals surface area contributed by atoms with Gasteiger partial charge in [0, 0.05) is 28.5 Å². The van der Waals surface area contributed by atoms with Crippen molar-refractivity contribution in [1.29, 1.82) is 0 Å². The van der Waals surface area contributed by atoms with E-state index in [1.807, 2.05) is 61.1 Å². The fraction of sp³-hybridized carbons (Fsp3) is 0.222. The van der Waals surface area contributed by atoms with Crippen LogP contribution in [0, 0.1) is 20.8 Å². The molecule has 4 nitrogen and oxygen atoms in total. The van der Waals surface area contributed by atoms with Gasteiger partial charge in [-0.15, -0.1) is 11.3 Å². The number of rotatable bonds is 5. The number of nitrogens with zero attached hydrogens (tertiary/aromatic N) is 2. The fourth-order valence-corrected chi connectivity index (χ4v) is 3.35. The normalized spacial score (nSPS) is 10.7. The van der Waals surface area contributed by atoms with E-state index in [2.05, 4.69) is 4.98 Å². The molecule has 0 aliphatic carbocycles. The van der Waals surface area contributed by atoms with Crippen molar-refractivity contribution in [2.24, 2.45) is 0 Å². The van der Waals surface area contributed by atoms with Crippen molar-refractivity contribution in [3.8, 4) is 10.9 Å². The average molecular weight is 326 g/mol. The van der Waals surface area contributed by atoms with Gasteiger partial charge in [-0.05, 0) is 44.5 Å². The molecular formula is C18H18N2O2S. The number of carbonyl (C=O) groups excluding carboxylic acids is 1. The minimum atomic E-state index is -0.0255. The Morgan fingerprint density at radius 2 is 2.09 bits per heavy atom. The molecule has 0 N–H and O–H groups in total. The summed E-state index contributed by atoms with van der Waals surface area (Å²) in [5.41, 5.74) is 3.69. The number of aryl methyl sites for hydroxylation is 2. The van der Waals surface area contributed by atoms with E-state index in [0.29, 0.717) is 11.3 Å². The zero-order valence-electron chi connectivity index (χ0n) is 13.4. The van der Waals surface area contributed by atoms with Gasteiger partial charge >= 0.3 is 0 Å². The lowest BCUT2D eigenvalue weighted by molar-refractivity contribution is 0.0921. The van der Waals surface area contributed by atoms with Crippen molar-refractivity contribution < 1.29 is 9.53 Å². The maximum Gasteiger partial charge on any atom is 0.202 e. The predicted octanol–water partition coefficient (Wildman–Crippen LogP) is 4.12. The first kappa shape index (κ1) is 15.5. The minimum absolute atomic E-state index is 0.0255. The van der Waals surface area contributed by atoms with E-state index in [-0.39, 0.29) is 12.4 Å². The third-order valence-electron chi connectivity index (χ3n) is 3.70. The summed E-state index contributed by atoms with van der Waals surface area (Å²) in [6.45, 7) is 5.95. The Kier molecular flexibility index (Phi) is 4.30. The molecule has 0 unspecified atom stereocenters. The number of aromatic nitrogens is 2. The highest BCUT2D eigenvalue weighted by atomic mass is 32.1.